The number of likely N-dealkylation sites (tertiary alicyclic amines) is 1. The van der Waals surface area contributed by atoms with Gasteiger partial charge in [-0.15, -0.1) is 0 Å². The summed E-state index contributed by atoms with van der Waals surface area (Å²) in [7, 11) is 0. The molecule has 1 amide bonds. The molecule has 0 unspecified atom stereocenters. The Morgan fingerprint density at radius 3 is 2.71 bits per heavy atom. The van der Waals surface area contributed by atoms with Gasteiger partial charge in [0.1, 0.15) is 10.8 Å². The van der Waals surface area contributed by atoms with E-state index in [2.05, 4.69) is 4.98 Å². The Balaban J connectivity index is 1.75. The molecule has 2 fully saturated rings. The van der Waals surface area contributed by atoms with Crippen molar-refractivity contribution in [3.8, 4) is 0 Å². The fraction of sp³-hybridized carbons (Fsp3) is 0.625. The highest BCUT2D eigenvalue weighted by Crippen LogP contribution is 2.47. The number of rotatable bonds is 1. The van der Waals surface area contributed by atoms with Gasteiger partial charge in [0.25, 0.3) is 0 Å². The lowest BCUT2D eigenvalue weighted by atomic mass is 9.92. The third-order valence-corrected chi connectivity index (χ3v) is 4.51. The third-order valence-electron chi connectivity index (χ3n) is 4.29. The van der Waals surface area contributed by atoms with Gasteiger partial charge < -0.3 is 9.64 Å². The maximum Gasteiger partial charge on any atom is 0.410 e. The van der Waals surface area contributed by atoms with Crippen LogP contribution in [0.1, 0.15) is 45.1 Å². The Morgan fingerprint density at radius 2 is 2.14 bits per heavy atom. The van der Waals surface area contributed by atoms with Gasteiger partial charge in [-0.3, -0.25) is 0 Å². The molecule has 4 nitrogen and oxygen atoms in total. The van der Waals surface area contributed by atoms with Crippen LogP contribution >= 0.6 is 11.6 Å². The first-order valence-corrected chi connectivity index (χ1v) is 7.82. The lowest BCUT2D eigenvalue weighted by Gasteiger charge is -2.34. The first kappa shape index (κ1) is 14.6. The normalized spacial score (nSPS) is 28.0. The molecule has 0 N–H and O–H groups in total. The minimum absolute atomic E-state index is 0.193. The SMILES string of the molecule is CC(C)(C)OC(=O)N1C[C@@H]2C[C@@H]1[C@H](c1ccc(Cl)nc1)C2. The molecule has 0 spiro atoms. The summed E-state index contributed by atoms with van der Waals surface area (Å²) < 4.78 is 5.53. The Bertz CT molecular complexity index is 538. The molecule has 21 heavy (non-hydrogen) atoms. The highest BCUT2D eigenvalue weighted by molar-refractivity contribution is 6.29. The summed E-state index contributed by atoms with van der Waals surface area (Å²) in [6.45, 7) is 6.52. The second-order valence-corrected chi connectivity index (χ2v) is 7.45. The number of amides is 1. The second kappa shape index (κ2) is 5.16. The molecule has 2 bridgehead atoms. The molecule has 2 heterocycles. The van der Waals surface area contributed by atoms with Crippen LogP contribution in [0.2, 0.25) is 5.15 Å². The zero-order chi connectivity index (χ0) is 15.2. The van der Waals surface area contributed by atoms with Gasteiger partial charge in [-0.1, -0.05) is 17.7 Å². The van der Waals surface area contributed by atoms with Gasteiger partial charge in [0.15, 0.2) is 0 Å². The zero-order valence-electron chi connectivity index (χ0n) is 12.7. The van der Waals surface area contributed by atoms with Crippen molar-refractivity contribution in [2.45, 2.75) is 51.2 Å². The monoisotopic (exact) mass is 308 g/mol. The number of nitrogens with zero attached hydrogens (tertiary/aromatic N) is 2. The average molecular weight is 309 g/mol. The molecule has 1 aliphatic heterocycles. The minimum atomic E-state index is -0.448. The van der Waals surface area contributed by atoms with E-state index < -0.39 is 5.60 Å². The van der Waals surface area contributed by atoms with Gasteiger partial charge in [-0.05, 0) is 51.2 Å². The highest BCUT2D eigenvalue weighted by Gasteiger charge is 2.48. The van der Waals surface area contributed by atoms with Crippen LogP contribution in [0, 0.1) is 5.92 Å². The Hall–Kier alpha value is -1.29. The van der Waals surface area contributed by atoms with Crippen molar-refractivity contribution in [2.75, 3.05) is 6.54 Å². The molecule has 3 rings (SSSR count). The summed E-state index contributed by atoms with van der Waals surface area (Å²) in [5, 5.41) is 0.505. The number of ether oxygens (including phenoxy) is 1. The van der Waals surface area contributed by atoms with E-state index in [0.717, 1.165) is 19.4 Å². The number of hydrogen-bond donors (Lipinski definition) is 0. The summed E-state index contributed by atoms with van der Waals surface area (Å²) in [5.41, 5.74) is 0.719. The molecule has 0 radical (unpaired) electrons. The quantitative estimate of drug-likeness (QED) is 0.740. The maximum absolute atomic E-state index is 12.3. The van der Waals surface area contributed by atoms with Crippen LogP contribution in [-0.4, -0.2) is 34.2 Å². The van der Waals surface area contributed by atoms with E-state index in [1.54, 1.807) is 0 Å². The third kappa shape index (κ3) is 3.00. The van der Waals surface area contributed by atoms with E-state index >= 15 is 0 Å². The predicted molar refractivity (Wildman–Crippen MR) is 81.4 cm³/mol. The molecule has 2 aliphatic rings. The lowest BCUT2D eigenvalue weighted by molar-refractivity contribution is 0.0170. The van der Waals surface area contributed by atoms with Gasteiger partial charge in [0, 0.05) is 24.7 Å². The van der Waals surface area contributed by atoms with Crippen molar-refractivity contribution in [1.82, 2.24) is 9.88 Å². The maximum atomic E-state index is 12.3. The molecule has 1 aliphatic carbocycles. The van der Waals surface area contributed by atoms with Crippen LogP contribution in [-0.2, 0) is 4.74 Å². The average Bonchev–Trinajstić information content (AvgIpc) is 2.97. The van der Waals surface area contributed by atoms with E-state index in [0.29, 0.717) is 17.0 Å². The fourth-order valence-corrected chi connectivity index (χ4v) is 3.63. The Morgan fingerprint density at radius 1 is 1.38 bits per heavy atom. The molecule has 114 valence electrons. The summed E-state index contributed by atoms with van der Waals surface area (Å²) in [5.74, 6) is 0.921. The zero-order valence-corrected chi connectivity index (χ0v) is 13.4. The largest absolute Gasteiger partial charge is 0.444 e. The van der Waals surface area contributed by atoms with Gasteiger partial charge in [0.05, 0.1) is 0 Å². The van der Waals surface area contributed by atoms with Crippen molar-refractivity contribution in [1.29, 1.82) is 0 Å². The molecule has 1 saturated heterocycles. The van der Waals surface area contributed by atoms with Crippen molar-refractivity contribution in [3.05, 3.63) is 29.0 Å². The number of pyridine rings is 1. The lowest BCUT2D eigenvalue weighted by Crippen LogP contribution is -2.44. The van der Waals surface area contributed by atoms with Gasteiger partial charge >= 0.3 is 6.09 Å². The summed E-state index contributed by atoms with van der Waals surface area (Å²) in [6, 6.07) is 4.07. The van der Waals surface area contributed by atoms with Crippen LogP contribution in [0.4, 0.5) is 4.79 Å². The number of piperidine rings is 1. The van der Waals surface area contributed by atoms with E-state index in [9.17, 15) is 4.79 Å². The summed E-state index contributed by atoms with van der Waals surface area (Å²) >= 11 is 5.85. The van der Waals surface area contributed by atoms with Crippen molar-refractivity contribution >= 4 is 17.7 Å². The van der Waals surface area contributed by atoms with E-state index in [4.69, 9.17) is 16.3 Å². The van der Waals surface area contributed by atoms with E-state index in [1.165, 1.54) is 5.56 Å². The van der Waals surface area contributed by atoms with Crippen LogP contribution < -0.4 is 0 Å². The fourth-order valence-electron chi connectivity index (χ4n) is 3.52. The first-order chi connectivity index (χ1) is 9.83. The second-order valence-electron chi connectivity index (χ2n) is 7.06. The van der Waals surface area contributed by atoms with Gasteiger partial charge in [0.2, 0.25) is 0 Å². The smallest absolute Gasteiger partial charge is 0.410 e. The topological polar surface area (TPSA) is 42.4 Å². The van der Waals surface area contributed by atoms with Crippen molar-refractivity contribution < 1.29 is 9.53 Å². The Kier molecular flexibility index (Phi) is 3.60. The van der Waals surface area contributed by atoms with E-state index in [-0.39, 0.29) is 12.1 Å². The van der Waals surface area contributed by atoms with Gasteiger partial charge in [-0.25, -0.2) is 9.78 Å². The number of carbonyl (C=O) groups excluding carboxylic acids is 1. The summed E-state index contributed by atoms with van der Waals surface area (Å²) in [4.78, 5) is 18.4. The van der Waals surface area contributed by atoms with Gasteiger partial charge in [-0.2, -0.15) is 0 Å². The number of aromatic nitrogens is 1. The standard InChI is InChI=1S/C16H21ClN2O2/c1-16(2,3)21-15(20)19-9-10-6-12(13(19)7-10)11-4-5-14(17)18-8-11/h4-5,8,10,12-13H,6-7,9H2,1-3H3/t10-,12-,13+/m0/s1. The molecule has 1 aromatic heterocycles. The number of fused-ring (bicyclic) bond motifs is 2. The molecular weight excluding hydrogens is 288 g/mol. The number of carbonyl (C=O) groups is 1. The molecule has 1 aromatic rings. The predicted octanol–water partition coefficient (Wildman–Crippen LogP) is 3.85. The molecular formula is C16H21ClN2O2. The van der Waals surface area contributed by atoms with Crippen LogP contribution in [0.5, 0.6) is 0 Å². The first-order valence-electron chi connectivity index (χ1n) is 7.44. The van der Waals surface area contributed by atoms with Crippen molar-refractivity contribution in [3.63, 3.8) is 0 Å². The van der Waals surface area contributed by atoms with Crippen LogP contribution in [0.25, 0.3) is 0 Å². The summed E-state index contributed by atoms with van der Waals surface area (Å²) in [6.07, 6.45) is 3.82. The molecule has 3 atom stereocenters. The van der Waals surface area contributed by atoms with Crippen LogP contribution in [0.3, 0.4) is 0 Å². The number of halogens is 1. The highest BCUT2D eigenvalue weighted by atomic mass is 35.5. The van der Waals surface area contributed by atoms with Crippen molar-refractivity contribution in [2.24, 2.45) is 5.92 Å². The molecule has 1 saturated carbocycles. The number of hydrogen-bond acceptors (Lipinski definition) is 3. The molecule has 5 heteroatoms. The van der Waals surface area contributed by atoms with E-state index in [1.807, 2.05) is 44.0 Å². The minimum Gasteiger partial charge on any atom is -0.444 e. The van der Waals surface area contributed by atoms with Crippen LogP contribution in [0.15, 0.2) is 18.3 Å². The molecule has 0 aromatic carbocycles. The Labute approximate surface area is 130 Å².